The topological polar surface area (TPSA) is 60.9 Å². The second kappa shape index (κ2) is 11.2. The third-order valence-electron chi connectivity index (χ3n) is 5.73. The molecule has 0 bridgehead atoms. The summed E-state index contributed by atoms with van der Waals surface area (Å²) in [5.74, 6) is -0.104. The first-order valence-corrected chi connectivity index (χ1v) is 12.4. The molecule has 6 nitrogen and oxygen atoms in total. The Bertz CT molecular complexity index is 771. The van der Waals surface area contributed by atoms with E-state index in [0.29, 0.717) is 44.9 Å². The van der Waals surface area contributed by atoms with E-state index in [1.165, 1.54) is 16.4 Å². The Kier molecular flexibility index (Phi) is 9.25. The van der Waals surface area contributed by atoms with E-state index in [0.717, 1.165) is 31.8 Å². The number of hydrogen-bond donors (Lipinski definition) is 0. The summed E-state index contributed by atoms with van der Waals surface area (Å²) < 4.78 is 40.1. The summed E-state index contributed by atoms with van der Waals surface area (Å²) in [5, 5.41) is 0. The van der Waals surface area contributed by atoms with Crippen LogP contribution in [0.3, 0.4) is 0 Å². The third-order valence-corrected chi connectivity index (χ3v) is 7.65. The van der Waals surface area contributed by atoms with Crippen molar-refractivity contribution >= 4 is 15.9 Å². The minimum Gasteiger partial charge on any atom is -0.341 e. The number of carbonyl (C=O) groups is 1. The summed E-state index contributed by atoms with van der Waals surface area (Å²) >= 11 is 0. The molecular formula is C22H36FN3O3S. The van der Waals surface area contributed by atoms with E-state index in [2.05, 4.69) is 32.6 Å². The lowest BCUT2D eigenvalue weighted by Gasteiger charge is -2.35. The predicted octanol–water partition coefficient (Wildman–Crippen LogP) is 3.05. The van der Waals surface area contributed by atoms with Gasteiger partial charge in [-0.05, 0) is 56.1 Å². The molecule has 8 heteroatoms. The van der Waals surface area contributed by atoms with Gasteiger partial charge in [-0.1, -0.05) is 27.7 Å². The van der Waals surface area contributed by atoms with Gasteiger partial charge in [0.05, 0.1) is 4.90 Å². The second-order valence-corrected chi connectivity index (χ2v) is 10.3. The Hall–Kier alpha value is -1.51. The van der Waals surface area contributed by atoms with Crippen molar-refractivity contribution in [1.29, 1.82) is 0 Å². The van der Waals surface area contributed by atoms with E-state index in [9.17, 15) is 17.6 Å². The Morgan fingerprint density at radius 1 is 1.10 bits per heavy atom. The van der Waals surface area contributed by atoms with E-state index in [-0.39, 0.29) is 16.7 Å². The molecule has 1 aromatic rings. The van der Waals surface area contributed by atoms with Crippen molar-refractivity contribution in [2.24, 2.45) is 11.8 Å². The molecule has 1 amide bonds. The van der Waals surface area contributed by atoms with Gasteiger partial charge in [-0.2, -0.15) is 4.31 Å². The van der Waals surface area contributed by atoms with Crippen LogP contribution in [-0.4, -0.2) is 74.2 Å². The van der Waals surface area contributed by atoms with Crippen LogP contribution in [0.4, 0.5) is 4.39 Å². The first kappa shape index (κ1) is 24.8. The van der Waals surface area contributed by atoms with Gasteiger partial charge in [-0.3, -0.25) is 4.79 Å². The normalized spacial score (nSPS) is 16.4. The van der Waals surface area contributed by atoms with Crippen LogP contribution in [-0.2, 0) is 14.8 Å². The molecule has 0 unspecified atom stereocenters. The van der Waals surface area contributed by atoms with Gasteiger partial charge in [0.15, 0.2) is 0 Å². The van der Waals surface area contributed by atoms with Crippen molar-refractivity contribution in [3.63, 3.8) is 0 Å². The van der Waals surface area contributed by atoms with E-state index < -0.39 is 15.8 Å². The Morgan fingerprint density at radius 3 is 2.17 bits per heavy atom. The lowest BCUT2D eigenvalue weighted by Crippen LogP contribution is -2.47. The minimum absolute atomic E-state index is 0.0920. The first-order chi connectivity index (χ1) is 14.2. The third kappa shape index (κ3) is 6.49. The molecule has 1 aromatic carbocycles. The maximum absolute atomic E-state index is 13.2. The molecule has 0 aliphatic carbocycles. The number of amides is 1. The molecule has 0 aromatic heterocycles. The van der Waals surface area contributed by atoms with Gasteiger partial charge in [0.25, 0.3) is 0 Å². The lowest BCUT2D eigenvalue weighted by atomic mass is 9.96. The molecule has 0 spiro atoms. The van der Waals surface area contributed by atoms with Crippen LogP contribution in [0, 0.1) is 17.7 Å². The van der Waals surface area contributed by atoms with Gasteiger partial charge in [-0.25, -0.2) is 12.8 Å². The molecule has 1 aliphatic heterocycles. The molecule has 170 valence electrons. The van der Waals surface area contributed by atoms with Gasteiger partial charge < -0.3 is 9.80 Å². The fraction of sp³-hybridized carbons (Fsp3) is 0.682. The van der Waals surface area contributed by atoms with Crippen molar-refractivity contribution in [3.05, 3.63) is 30.1 Å². The molecule has 1 fully saturated rings. The summed E-state index contributed by atoms with van der Waals surface area (Å²) in [5.41, 5.74) is 0. The summed E-state index contributed by atoms with van der Waals surface area (Å²) in [4.78, 5) is 17.5. The van der Waals surface area contributed by atoms with Crippen LogP contribution in [0.1, 0.15) is 40.5 Å². The highest BCUT2D eigenvalue weighted by atomic mass is 32.2. The highest BCUT2D eigenvalue weighted by Crippen LogP contribution is 2.25. The Morgan fingerprint density at radius 2 is 1.67 bits per heavy atom. The zero-order valence-electron chi connectivity index (χ0n) is 18.7. The standard InChI is InChI=1S/C22H36FN3O3S/c1-5-24(6-2)15-16-25(17-18(3)4)22(27)19-11-13-26(14-12-19)30(28,29)21-9-7-20(23)8-10-21/h7-10,18-19H,5-6,11-17H2,1-4H3. The molecular weight excluding hydrogens is 405 g/mol. The fourth-order valence-electron chi connectivity index (χ4n) is 3.89. The minimum atomic E-state index is -3.66. The van der Waals surface area contributed by atoms with Gasteiger partial charge in [0, 0.05) is 38.6 Å². The highest BCUT2D eigenvalue weighted by molar-refractivity contribution is 7.89. The van der Waals surface area contributed by atoms with E-state index in [1.54, 1.807) is 0 Å². The molecule has 1 heterocycles. The zero-order valence-corrected chi connectivity index (χ0v) is 19.5. The van der Waals surface area contributed by atoms with E-state index >= 15 is 0 Å². The predicted molar refractivity (Wildman–Crippen MR) is 117 cm³/mol. The molecule has 0 atom stereocenters. The van der Waals surface area contributed by atoms with Crippen molar-refractivity contribution in [2.75, 3.05) is 45.8 Å². The van der Waals surface area contributed by atoms with Crippen LogP contribution in [0.2, 0.25) is 0 Å². The zero-order chi connectivity index (χ0) is 22.3. The maximum atomic E-state index is 13.2. The smallest absolute Gasteiger partial charge is 0.243 e. The SMILES string of the molecule is CCN(CC)CCN(CC(C)C)C(=O)C1CCN(S(=O)(=O)c2ccc(F)cc2)CC1. The van der Waals surface area contributed by atoms with Crippen LogP contribution < -0.4 is 0 Å². The van der Waals surface area contributed by atoms with Gasteiger partial charge >= 0.3 is 0 Å². The number of hydrogen-bond acceptors (Lipinski definition) is 4. The van der Waals surface area contributed by atoms with Crippen molar-refractivity contribution in [3.8, 4) is 0 Å². The molecule has 1 saturated heterocycles. The van der Waals surface area contributed by atoms with Crippen molar-refractivity contribution in [1.82, 2.24) is 14.1 Å². The largest absolute Gasteiger partial charge is 0.341 e. The average Bonchev–Trinajstić information content (AvgIpc) is 2.73. The highest BCUT2D eigenvalue weighted by Gasteiger charge is 2.34. The number of nitrogens with zero attached hydrogens (tertiary/aromatic N) is 3. The number of sulfonamides is 1. The summed E-state index contributed by atoms with van der Waals surface area (Å²) in [6, 6.07) is 4.89. The first-order valence-electron chi connectivity index (χ1n) is 11.0. The van der Waals surface area contributed by atoms with Crippen molar-refractivity contribution < 1.29 is 17.6 Å². The number of piperidine rings is 1. The lowest BCUT2D eigenvalue weighted by molar-refractivity contribution is -0.137. The van der Waals surface area contributed by atoms with E-state index in [1.807, 2.05) is 4.90 Å². The van der Waals surface area contributed by atoms with Gasteiger partial charge in [0.2, 0.25) is 15.9 Å². The summed E-state index contributed by atoms with van der Waals surface area (Å²) in [6.07, 6.45) is 1.03. The van der Waals surface area contributed by atoms with Crippen molar-refractivity contribution in [2.45, 2.75) is 45.4 Å². The number of benzene rings is 1. The van der Waals surface area contributed by atoms with E-state index in [4.69, 9.17) is 0 Å². The van der Waals surface area contributed by atoms with Crippen LogP contribution in [0.5, 0.6) is 0 Å². The maximum Gasteiger partial charge on any atom is 0.243 e. The Labute approximate surface area is 181 Å². The average molecular weight is 442 g/mol. The van der Waals surface area contributed by atoms with Gasteiger partial charge in [-0.15, -0.1) is 0 Å². The molecule has 1 aliphatic rings. The monoisotopic (exact) mass is 441 g/mol. The number of halogens is 1. The summed E-state index contributed by atoms with van der Waals surface area (Å²) in [6.45, 7) is 13.3. The fourth-order valence-corrected chi connectivity index (χ4v) is 5.36. The molecule has 2 rings (SSSR count). The Balaban J connectivity index is 2.00. The molecule has 0 saturated carbocycles. The van der Waals surface area contributed by atoms with Crippen LogP contribution >= 0.6 is 0 Å². The summed E-state index contributed by atoms with van der Waals surface area (Å²) in [7, 11) is -3.66. The number of carbonyl (C=O) groups excluding carboxylic acids is 1. The molecule has 0 radical (unpaired) electrons. The number of likely N-dealkylation sites (N-methyl/N-ethyl adjacent to an activating group) is 1. The second-order valence-electron chi connectivity index (χ2n) is 8.34. The quantitative estimate of drug-likeness (QED) is 0.560. The van der Waals surface area contributed by atoms with Crippen LogP contribution in [0.25, 0.3) is 0 Å². The van der Waals surface area contributed by atoms with Crippen LogP contribution in [0.15, 0.2) is 29.2 Å². The number of rotatable bonds is 10. The molecule has 30 heavy (non-hydrogen) atoms. The van der Waals surface area contributed by atoms with Gasteiger partial charge in [0.1, 0.15) is 5.82 Å². The molecule has 0 N–H and O–H groups in total.